The highest BCUT2D eigenvalue weighted by atomic mass is 16.5. The van der Waals surface area contributed by atoms with Crippen LogP contribution in [-0.4, -0.2) is 49.7 Å². The van der Waals surface area contributed by atoms with Gasteiger partial charge >= 0.3 is 0 Å². The molecular weight excluding hydrogens is 400 g/mol. The minimum atomic E-state index is 0.691. The number of methoxy groups -OCH3 is 2. The summed E-state index contributed by atoms with van der Waals surface area (Å²) in [4.78, 5) is 13.7. The van der Waals surface area contributed by atoms with Crippen molar-refractivity contribution >= 4 is 28.0 Å². The Morgan fingerprint density at radius 1 is 1.03 bits per heavy atom. The Morgan fingerprint density at radius 3 is 2.38 bits per heavy atom. The lowest BCUT2D eigenvalue weighted by atomic mass is 10.1. The second kappa shape index (κ2) is 9.30. The standard InChI is InChI=1S/C26H30N4O2/c1-18(10-11-29(2)3)26-16-27-24-9-8-20(14-25(24)28-26)30(17-19-6-7-19)21-12-22(31-4)15-23(13-21)32-5/h8-16,19H,1,6-7,17H2,2-5H3. The summed E-state index contributed by atoms with van der Waals surface area (Å²) in [6, 6.07) is 12.2. The molecule has 1 aliphatic carbocycles. The van der Waals surface area contributed by atoms with E-state index in [1.165, 1.54) is 12.8 Å². The van der Waals surface area contributed by atoms with E-state index in [0.29, 0.717) is 5.92 Å². The summed E-state index contributed by atoms with van der Waals surface area (Å²) in [5, 5.41) is 0. The molecule has 32 heavy (non-hydrogen) atoms. The van der Waals surface area contributed by atoms with E-state index in [9.17, 15) is 0 Å². The monoisotopic (exact) mass is 430 g/mol. The molecule has 0 unspecified atom stereocenters. The Morgan fingerprint density at radius 2 is 1.75 bits per heavy atom. The molecular formula is C26H30N4O2. The van der Waals surface area contributed by atoms with Crippen molar-refractivity contribution in [3.05, 3.63) is 67.1 Å². The van der Waals surface area contributed by atoms with Gasteiger partial charge in [0.15, 0.2) is 0 Å². The van der Waals surface area contributed by atoms with E-state index in [2.05, 4.69) is 28.6 Å². The minimum absolute atomic E-state index is 0.691. The average Bonchev–Trinajstić information content (AvgIpc) is 3.64. The minimum Gasteiger partial charge on any atom is -0.497 e. The summed E-state index contributed by atoms with van der Waals surface area (Å²) in [6.45, 7) is 5.08. The molecule has 3 aromatic rings. The molecule has 0 bridgehead atoms. The second-order valence-electron chi connectivity index (χ2n) is 8.36. The fraction of sp³-hybridized carbons (Fsp3) is 0.308. The Labute approximate surface area is 189 Å². The lowest BCUT2D eigenvalue weighted by Gasteiger charge is -2.26. The number of ether oxygens (including phenoxy) is 2. The molecule has 6 nitrogen and oxygen atoms in total. The highest BCUT2D eigenvalue weighted by molar-refractivity contribution is 5.83. The molecule has 1 saturated carbocycles. The van der Waals surface area contributed by atoms with Gasteiger partial charge in [0.25, 0.3) is 0 Å². The van der Waals surface area contributed by atoms with Crippen LogP contribution in [0.15, 0.2) is 61.4 Å². The summed E-state index contributed by atoms with van der Waals surface area (Å²) in [7, 11) is 7.30. The largest absolute Gasteiger partial charge is 0.497 e. The van der Waals surface area contributed by atoms with Gasteiger partial charge in [-0.1, -0.05) is 6.58 Å². The number of hydrogen-bond donors (Lipinski definition) is 0. The molecule has 1 aliphatic rings. The van der Waals surface area contributed by atoms with Crippen molar-refractivity contribution in [2.45, 2.75) is 12.8 Å². The second-order valence-corrected chi connectivity index (χ2v) is 8.36. The third kappa shape index (κ3) is 5.02. The third-order valence-electron chi connectivity index (χ3n) is 5.53. The third-order valence-corrected chi connectivity index (χ3v) is 5.53. The zero-order valence-corrected chi connectivity index (χ0v) is 19.2. The van der Waals surface area contributed by atoms with Crippen LogP contribution in [0.5, 0.6) is 11.5 Å². The zero-order valence-electron chi connectivity index (χ0n) is 19.2. The molecule has 1 aromatic heterocycles. The predicted molar refractivity (Wildman–Crippen MR) is 131 cm³/mol. The van der Waals surface area contributed by atoms with E-state index < -0.39 is 0 Å². The van der Waals surface area contributed by atoms with Crippen molar-refractivity contribution in [2.75, 3.05) is 39.8 Å². The molecule has 0 aliphatic heterocycles. The highest BCUT2D eigenvalue weighted by Crippen LogP contribution is 2.38. The molecule has 1 fully saturated rings. The molecule has 4 rings (SSSR count). The first kappa shape index (κ1) is 21.7. The van der Waals surface area contributed by atoms with Gasteiger partial charge in [-0.05, 0) is 54.8 Å². The number of fused-ring (bicyclic) bond motifs is 1. The number of anilines is 2. The Kier molecular flexibility index (Phi) is 6.30. The Hall–Kier alpha value is -3.54. The number of allylic oxidation sites excluding steroid dienone is 2. The summed E-state index contributed by atoms with van der Waals surface area (Å²) in [5.74, 6) is 2.23. The van der Waals surface area contributed by atoms with Gasteiger partial charge in [-0.2, -0.15) is 0 Å². The van der Waals surface area contributed by atoms with Crippen molar-refractivity contribution in [1.29, 1.82) is 0 Å². The topological polar surface area (TPSA) is 50.7 Å². The van der Waals surface area contributed by atoms with E-state index >= 15 is 0 Å². The van der Waals surface area contributed by atoms with Gasteiger partial charge in [-0.15, -0.1) is 0 Å². The van der Waals surface area contributed by atoms with E-state index in [1.807, 2.05) is 55.5 Å². The van der Waals surface area contributed by atoms with Crippen LogP contribution in [0.3, 0.4) is 0 Å². The fourth-order valence-electron chi connectivity index (χ4n) is 3.51. The average molecular weight is 431 g/mol. The van der Waals surface area contributed by atoms with Crippen LogP contribution in [-0.2, 0) is 0 Å². The van der Waals surface area contributed by atoms with Gasteiger partial charge < -0.3 is 19.3 Å². The van der Waals surface area contributed by atoms with E-state index in [0.717, 1.165) is 51.7 Å². The number of aromatic nitrogens is 2. The normalized spacial score (nSPS) is 13.4. The number of benzene rings is 2. The van der Waals surface area contributed by atoms with E-state index in [4.69, 9.17) is 14.5 Å². The Bertz CT molecular complexity index is 1130. The van der Waals surface area contributed by atoms with Crippen LogP contribution >= 0.6 is 0 Å². The first-order valence-corrected chi connectivity index (χ1v) is 10.8. The predicted octanol–water partition coefficient (Wildman–Crippen LogP) is 5.28. The quantitative estimate of drug-likeness (QED) is 0.430. The summed E-state index contributed by atoms with van der Waals surface area (Å²) >= 11 is 0. The first-order valence-electron chi connectivity index (χ1n) is 10.8. The molecule has 166 valence electrons. The van der Waals surface area contributed by atoms with Crippen LogP contribution in [0.4, 0.5) is 11.4 Å². The van der Waals surface area contributed by atoms with Crippen molar-refractivity contribution < 1.29 is 9.47 Å². The van der Waals surface area contributed by atoms with Gasteiger partial charge in [-0.3, -0.25) is 4.98 Å². The molecule has 6 heteroatoms. The molecule has 0 saturated heterocycles. The number of hydrogen-bond acceptors (Lipinski definition) is 6. The first-order chi connectivity index (χ1) is 15.5. The lowest BCUT2D eigenvalue weighted by Crippen LogP contribution is -2.20. The molecule has 1 heterocycles. The molecule has 0 N–H and O–H groups in total. The van der Waals surface area contributed by atoms with Crippen LogP contribution < -0.4 is 14.4 Å². The maximum Gasteiger partial charge on any atom is 0.124 e. The van der Waals surface area contributed by atoms with Gasteiger partial charge in [0.1, 0.15) is 11.5 Å². The van der Waals surface area contributed by atoms with Gasteiger partial charge in [0.2, 0.25) is 0 Å². The maximum absolute atomic E-state index is 5.51. The molecule has 2 aromatic carbocycles. The van der Waals surface area contributed by atoms with Crippen molar-refractivity contribution in [3.8, 4) is 11.5 Å². The van der Waals surface area contributed by atoms with Crippen LogP contribution in [0.1, 0.15) is 18.5 Å². The van der Waals surface area contributed by atoms with Crippen molar-refractivity contribution in [3.63, 3.8) is 0 Å². The van der Waals surface area contributed by atoms with Crippen LogP contribution in [0, 0.1) is 5.92 Å². The Balaban J connectivity index is 1.73. The molecule has 0 radical (unpaired) electrons. The maximum atomic E-state index is 5.51. The summed E-state index contributed by atoms with van der Waals surface area (Å²) in [6.07, 6.45) is 8.19. The number of rotatable bonds is 9. The van der Waals surface area contributed by atoms with Crippen molar-refractivity contribution in [2.24, 2.45) is 5.92 Å². The number of nitrogens with zero attached hydrogens (tertiary/aromatic N) is 4. The van der Waals surface area contributed by atoms with Crippen LogP contribution in [0.2, 0.25) is 0 Å². The van der Waals surface area contributed by atoms with E-state index in [1.54, 1.807) is 20.4 Å². The summed E-state index contributed by atoms with van der Waals surface area (Å²) < 4.78 is 11.0. The fourth-order valence-corrected chi connectivity index (χ4v) is 3.51. The smallest absolute Gasteiger partial charge is 0.124 e. The van der Waals surface area contributed by atoms with Gasteiger partial charge in [0.05, 0.1) is 37.1 Å². The molecule has 0 amide bonds. The van der Waals surface area contributed by atoms with Crippen molar-refractivity contribution in [1.82, 2.24) is 14.9 Å². The van der Waals surface area contributed by atoms with Gasteiger partial charge in [-0.25, -0.2) is 4.98 Å². The SMILES string of the molecule is C=C(C=CN(C)C)c1cnc2ccc(N(CC3CC3)c3cc(OC)cc(OC)c3)cc2n1. The van der Waals surface area contributed by atoms with Crippen LogP contribution in [0.25, 0.3) is 16.6 Å². The highest BCUT2D eigenvalue weighted by Gasteiger charge is 2.26. The lowest BCUT2D eigenvalue weighted by molar-refractivity contribution is 0.394. The zero-order chi connectivity index (χ0) is 22.7. The summed E-state index contributed by atoms with van der Waals surface area (Å²) in [5.41, 5.74) is 5.40. The molecule has 0 atom stereocenters. The van der Waals surface area contributed by atoms with Gasteiger partial charge in [0, 0.05) is 50.2 Å². The van der Waals surface area contributed by atoms with E-state index in [-0.39, 0.29) is 0 Å². The molecule has 0 spiro atoms.